The van der Waals surface area contributed by atoms with Crippen molar-refractivity contribution in [2.45, 2.75) is 0 Å². The fourth-order valence-corrected chi connectivity index (χ4v) is 3.84. The molecule has 28 heavy (non-hydrogen) atoms. The van der Waals surface area contributed by atoms with E-state index in [0.717, 1.165) is 37.8 Å². The van der Waals surface area contributed by atoms with Gasteiger partial charge in [-0.05, 0) is 12.1 Å². The summed E-state index contributed by atoms with van der Waals surface area (Å²) < 4.78 is 1.63. The first kappa shape index (κ1) is 16.8. The van der Waals surface area contributed by atoms with Gasteiger partial charge in [-0.2, -0.15) is 0 Å². The summed E-state index contributed by atoms with van der Waals surface area (Å²) in [6, 6.07) is 5.91. The molecule has 0 spiro atoms. The van der Waals surface area contributed by atoms with E-state index >= 15 is 0 Å². The van der Waals surface area contributed by atoms with E-state index in [0.29, 0.717) is 24.3 Å². The summed E-state index contributed by atoms with van der Waals surface area (Å²) in [5, 5.41) is 8.17. The molecule has 0 saturated carbocycles. The summed E-state index contributed by atoms with van der Waals surface area (Å²) in [4.78, 5) is 32.1. The van der Waals surface area contributed by atoms with Crippen molar-refractivity contribution < 1.29 is 4.79 Å². The number of carbonyl (C=O) groups excluding carboxylic acids is 1. The van der Waals surface area contributed by atoms with E-state index < -0.39 is 0 Å². The number of anilines is 2. The average molecular weight is 379 g/mol. The summed E-state index contributed by atoms with van der Waals surface area (Å²) in [7, 11) is 1.80. The second-order valence-electron chi connectivity index (χ2n) is 7.18. The number of piperazine rings is 1. The molecule has 5 heterocycles. The summed E-state index contributed by atoms with van der Waals surface area (Å²) in [6.45, 7) is 4.39. The number of nitrogens with zero attached hydrogens (tertiary/aromatic N) is 9. The standard InChI is InChI=1S/C18H21N9O/c1-24-16-15(22-23-24)17(21-12-20-16)27-10-13(11-27)18(28)26-8-6-25(7-9-26)14-4-2-3-5-19-14/h2-5,12-13H,6-11H2,1H3. The monoisotopic (exact) mass is 379 g/mol. The molecule has 0 unspecified atom stereocenters. The summed E-state index contributed by atoms with van der Waals surface area (Å²) in [5.41, 5.74) is 1.38. The molecule has 2 saturated heterocycles. The van der Waals surface area contributed by atoms with Crippen molar-refractivity contribution in [1.82, 2.24) is 34.8 Å². The third kappa shape index (κ3) is 2.81. The molecule has 3 aromatic rings. The quantitative estimate of drug-likeness (QED) is 0.624. The summed E-state index contributed by atoms with van der Waals surface area (Å²) in [6.07, 6.45) is 3.32. The Morgan fingerprint density at radius 1 is 1.04 bits per heavy atom. The van der Waals surface area contributed by atoms with Crippen molar-refractivity contribution >= 4 is 28.7 Å². The van der Waals surface area contributed by atoms with Gasteiger partial charge in [-0.25, -0.2) is 19.6 Å². The molecule has 5 rings (SSSR count). The topological polar surface area (TPSA) is 96.2 Å². The van der Waals surface area contributed by atoms with Gasteiger partial charge in [0.15, 0.2) is 17.0 Å². The van der Waals surface area contributed by atoms with E-state index in [9.17, 15) is 4.79 Å². The Bertz CT molecular complexity index is 991. The van der Waals surface area contributed by atoms with Gasteiger partial charge in [-0.15, -0.1) is 5.10 Å². The van der Waals surface area contributed by atoms with E-state index in [-0.39, 0.29) is 11.8 Å². The highest BCUT2D eigenvalue weighted by molar-refractivity contribution is 5.86. The molecular weight excluding hydrogens is 358 g/mol. The van der Waals surface area contributed by atoms with E-state index in [1.807, 2.05) is 23.1 Å². The van der Waals surface area contributed by atoms with Crippen LogP contribution in [0, 0.1) is 5.92 Å². The van der Waals surface area contributed by atoms with Crippen molar-refractivity contribution in [3.8, 4) is 0 Å². The number of aromatic nitrogens is 6. The number of hydrogen-bond acceptors (Lipinski definition) is 8. The average Bonchev–Trinajstić information content (AvgIpc) is 3.09. The zero-order chi connectivity index (χ0) is 19.1. The molecule has 10 heteroatoms. The van der Waals surface area contributed by atoms with Gasteiger partial charge >= 0.3 is 0 Å². The molecule has 0 aliphatic carbocycles. The molecule has 0 atom stereocenters. The second kappa shape index (κ2) is 6.70. The van der Waals surface area contributed by atoms with Crippen LogP contribution < -0.4 is 9.80 Å². The van der Waals surface area contributed by atoms with Crippen LogP contribution in [0.5, 0.6) is 0 Å². The third-order valence-corrected chi connectivity index (χ3v) is 5.46. The Morgan fingerprint density at radius 2 is 1.86 bits per heavy atom. The van der Waals surface area contributed by atoms with Gasteiger partial charge in [0.05, 0.1) is 5.92 Å². The van der Waals surface area contributed by atoms with Crippen molar-refractivity contribution in [1.29, 1.82) is 0 Å². The highest BCUT2D eigenvalue weighted by atomic mass is 16.2. The van der Waals surface area contributed by atoms with E-state index in [1.165, 1.54) is 6.33 Å². The zero-order valence-electron chi connectivity index (χ0n) is 15.6. The van der Waals surface area contributed by atoms with Crippen LogP contribution in [0.1, 0.15) is 0 Å². The van der Waals surface area contributed by atoms with Gasteiger partial charge in [-0.3, -0.25) is 4.79 Å². The lowest BCUT2D eigenvalue weighted by molar-refractivity contribution is -0.136. The van der Waals surface area contributed by atoms with Crippen LogP contribution in [-0.2, 0) is 11.8 Å². The molecule has 0 bridgehead atoms. The number of aryl methyl sites for hydroxylation is 1. The molecule has 0 radical (unpaired) electrons. The number of amides is 1. The molecule has 1 amide bonds. The molecule has 144 valence electrons. The molecule has 0 aromatic carbocycles. The number of hydrogen-bond donors (Lipinski definition) is 0. The maximum Gasteiger partial charge on any atom is 0.229 e. The lowest BCUT2D eigenvalue weighted by Crippen LogP contribution is -2.58. The number of pyridine rings is 1. The highest BCUT2D eigenvalue weighted by Crippen LogP contribution is 2.28. The number of carbonyl (C=O) groups is 1. The van der Waals surface area contributed by atoms with Crippen molar-refractivity contribution in [2.75, 3.05) is 49.1 Å². The lowest BCUT2D eigenvalue weighted by atomic mass is 9.98. The largest absolute Gasteiger partial charge is 0.353 e. The maximum absolute atomic E-state index is 12.9. The number of fused-ring (bicyclic) bond motifs is 1. The van der Waals surface area contributed by atoms with Gasteiger partial charge in [0, 0.05) is 52.5 Å². The van der Waals surface area contributed by atoms with Crippen LogP contribution in [0.15, 0.2) is 30.7 Å². The fourth-order valence-electron chi connectivity index (χ4n) is 3.84. The Labute approximate surface area is 161 Å². The molecule has 10 nitrogen and oxygen atoms in total. The van der Waals surface area contributed by atoms with E-state index in [2.05, 4.69) is 35.1 Å². The Hall–Kier alpha value is -3.30. The third-order valence-electron chi connectivity index (χ3n) is 5.46. The predicted octanol–water partition coefficient (Wildman–Crippen LogP) is -0.0617. The molecule has 2 fully saturated rings. The minimum absolute atomic E-state index is 0.00286. The maximum atomic E-state index is 12.9. The first-order chi connectivity index (χ1) is 13.7. The first-order valence-electron chi connectivity index (χ1n) is 9.41. The molecule has 2 aliphatic rings. The minimum Gasteiger partial charge on any atom is -0.353 e. The Kier molecular flexibility index (Phi) is 4.03. The van der Waals surface area contributed by atoms with E-state index in [1.54, 1.807) is 17.9 Å². The van der Waals surface area contributed by atoms with Gasteiger partial charge in [0.1, 0.15) is 12.1 Å². The van der Waals surface area contributed by atoms with Gasteiger partial charge in [-0.1, -0.05) is 11.3 Å². The highest BCUT2D eigenvalue weighted by Gasteiger charge is 2.38. The van der Waals surface area contributed by atoms with E-state index in [4.69, 9.17) is 0 Å². The van der Waals surface area contributed by atoms with Gasteiger partial charge in [0.25, 0.3) is 0 Å². The summed E-state index contributed by atoms with van der Waals surface area (Å²) >= 11 is 0. The molecule has 2 aliphatic heterocycles. The zero-order valence-corrected chi connectivity index (χ0v) is 15.6. The minimum atomic E-state index is 0.00286. The van der Waals surface area contributed by atoms with Gasteiger partial charge in [0.2, 0.25) is 5.91 Å². The number of rotatable bonds is 3. The fraction of sp³-hybridized carbons (Fsp3) is 0.444. The van der Waals surface area contributed by atoms with Crippen LogP contribution >= 0.6 is 0 Å². The molecular formula is C18H21N9O. The van der Waals surface area contributed by atoms with Crippen LogP contribution in [0.4, 0.5) is 11.6 Å². The predicted molar refractivity (Wildman–Crippen MR) is 103 cm³/mol. The second-order valence-corrected chi connectivity index (χ2v) is 7.18. The molecule has 0 N–H and O–H groups in total. The molecule has 3 aromatic heterocycles. The summed E-state index contributed by atoms with van der Waals surface area (Å²) in [5.74, 6) is 1.95. The lowest BCUT2D eigenvalue weighted by Gasteiger charge is -2.43. The van der Waals surface area contributed by atoms with Crippen LogP contribution in [0.3, 0.4) is 0 Å². The van der Waals surface area contributed by atoms with Crippen molar-refractivity contribution in [3.63, 3.8) is 0 Å². The van der Waals surface area contributed by atoms with Crippen LogP contribution in [0.2, 0.25) is 0 Å². The Morgan fingerprint density at radius 3 is 2.61 bits per heavy atom. The Balaban J connectivity index is 1.19. The van der Waals surface area contributed by atoms with Crippen molar-refractivity contribution in [2.24, 2.45) is 13.0 Å². The SMILES string of the molecule is Cn1nnc2c(N3CC(C(=O)N4CCN(c5ccccn5)CC4)C3)ncnc21. The van der Waals surface area contributed by atoms with Gasteiger partial charge < -0.3 is 14.7 Å². The smallest absolute Gasteiger partial charge is 0.229 e. The normalized spacial score (nSPS) is 17.8. The van der Waals surface area contributed by atoms with Crippen molar-refractivity contribution in [3.05, 3.63) is 30.7 Å². The van der Waals surface area contributed by atoms with Crippen LogP contribution in [0.25, 0.3) is 11.2 Å². The first-order valence-corrected chi connectivity index (χ1v) is 9.41. The van der Waals surface area contributed by atoms with Crippen LogP contribution in [-0.4, -0.2) is 80.0 Å².